The summed E-state index contributed by atoms with van der Waals surface area (Å²) in [7, 11) is -3.84. The summed E-state index contributed by atoms with van der Waals surface area (Å²) in [4.78, 5) is 28.5. The molecule has 0 radical (unpaired) electrons. The topological polar surface area (TPSA) is 105 Å². The summed E-state index contributed by atoms with van der Waals surface area (Å²) in [6.45, 7) is 9.12. The van der Waals surface area contributed by atoms with Gasteiger partial charge in [0, 0.05) is 18.2 Å². The number of anilines is 1. The summed E-state index contributed by atoms with van der Waals surface area (Å²) >= 11 is 0. The molecular formula is C26H35N3O6S. The first-order valence-electron chi connectivity index (χ1n) is 11.8. The molecule has 1 N–H and O–H groups in total. The number of carbonyl (C=O) groups is 2. The number of nitrogens with zero attached hydrogens (tertiary/aromatic N) is 2. The SMILES string of the molecule is CCC(C(=O)NC(C)(C)C)N(Cc1ccccc1C)C(=O)CN(c1ccc2c(c1)OCO2)S(C)(=O)=O. The third-order valence-corrected chi connectivity index (χ3v) is 6.95. The maximum atomic E-state index is 13.8. The molecule has 0 saturated heterocycles. The smallest absolute Gasteiger partial charge is 0.244 e. The number of aryl methyl sites for hydroxylation is 1. The number of amides is 2. The maximum absolute atomic E-state index is 13.8. The van der Waals surface area contributed by atoms with Gasteiger partial charge in [-0.15, -0.1) is 0 Å². The lowest BCUT2D eigenvalue weighted by Crippen LogP contribution is -2.55. The number of nitrogens with one attached hydrogen (secondary N) is 1. The third kappa shape index (κ3) is 6.69. The zero-order valence-electron chi connectivity index (χ0n) is 21.7. The van der Waals surface area contributed by atoms with Crippen LogP contribution in [0.1, 0.15) is 45.2 Å². The van der Waals surface area contributed by atoms with Crippen LogP contribution in [0.15, 0.2) is 42.5 Å². The van der Waals surface area contributed by atoms with Gasteiger partial charge in [0.25, 0.3) is 0 Å². The highest BCUT2D eigenvalue weighted by atomic mass is 32.2. The molecule has 0 bridgehead atoms. The van der Waals surface area contributed by atoms with E-state index in [0.29, 0.717) is 17.9 Å². The summed E-state index contributed by atoms with van der Waals surface area (Å²) in [5.41, 5.74) is 1.63. The fourth-order valence-electron chi connectivity index (χ4n) is 4.00. The van der Waals surface area contributed by atoms with Crippen LogP contribution in [0.5, 0.6) is 11.5 Å². The van der Waals surface area contributed by atoms with Gasteiger partial charge < -0.3 is 19.7 Å². The van der Waals surface area contributed by atoms with Crippen molar-refractivity contribution in [2.24, 2.45) is 0 Å². The van der Waals surface area contributed by atoms with Crippen molar-refractivity contribution in [3.05, 3.63) is 53.6 Å². The van der Waals surface area contributed by atoms with E-state index >= 15 is 0 Å². The van der Waals surface area contributed by atoms with Gasteiger partial charge in [-0.3, -0.25) is 13.9 Å². The van der Waals surface area contributed by atoms with Gasteiger partial charge in [-0.1, -0.05) is 31.2 Å². The first-order chi connectivity index (χ1) is 16.8. The van der Waals surface area contributed by atoms with Gasteiger partial charge in [0.1, 0.15) is 12.6 Å². The Morgan fingerprint density at radius 1 is 1.08 bits per heavy atom. The molecule has 10 heteroatoms. The Labute approximate surface area is 213 Å². The van der Waals surface area contributed by atoms with Crippen LogP contribution >= 0.6 is 0 Å². The summed E-state index contributed by atoms with van der Waals surface area (Å²) in [6, 6.07) is 11.5. The lowest BCUT2D eigenvalue weighted by atomic mass is 10.0. The minimum atomic E-state index is -3.84. The zero-order valence-corrected chi connectivity index (χ0v) is 22.5. The molecule has 36 heavy (non-hydrogen) atoms. The lowest BCUT2D eigenvalue weighted by molar-refractivity contribution is -0.141. The van der Waals surface area contributed by atoms with E-state index in [4.69, 9.17) is 9.47 Å². The zero-order chi connectivity index (χ0) is 26.7. The summed E-state index contributed by atoms with van der Waals surface area (Å²) in [5, 5.41) is 2.95. The average Bonchev–Trinajstić information content (AvgIpc) is 3.24. The van der Waals surface area contributed by atoms with E-state index in [1.165, 1.54) is 11.0 Å². The van der Waals surface area contributed by atoms with E-state index in [9.17, 15) is 18.0 Å². The molecule has 1 unspecified atom stereocenters. The Balaban J connectivity index is 1.97. The number of hydrogen-bond donors (Lipinski definition) is 1. The number of ether oxygens (including phenoxy) is 2. The van der Waals surface area contributed by atoms with Gasteiger partial charge in [0.2, 0.25) is 28.6 Å². The van der Waals surface area contributed by atoms with Crippen molar-refractivity contribution in [1.82, 2.24) is 10.2 Å². The quantitative estimate of drug-likeness (QED) is 0.548. The Kier molecular flexibility index (Phi) is 8.18. The van der Waals surface area contributed by atoms with Gasteiger partial charge >= 0.3 is 0 Å². The highest BCUT2D eigenvalue weighted by Crippen LogP contribution is 2.36. The fraction of sp³-hybridized carbons (Fsp3) is 0.462. The second-order valence-corrected chi connectivity index (χ2v) is 11.8. The second-order valence-electron chi connectivity index (χ2n) is 9.92. The van der Waals surface area contributed by atoms with Crippen LogP contribution in [0.3, 0.4) is 0 Å². The largest absolute Gasteiger partial charge is 0.454 e. The van der Waals surface area contributed by atoms with Crippen molar-refractivity contribution >= 4 is 27.5 Å². The van der Waals surface area contributed by atoms with Gasteiger partial charge in [0.05, 0.1) is 11.9 Å². The van der Waals surface area contributed by atoms with Crippen molar-refractivity contribution in [3.8, 4) is 11.5 Å². The van der Waals surface area contributed by atoms with Crippen LogP contribution in [-0.2, 0) is 26.2 Å². The molecule has 1 aliphatic rings. The van der Waals surface area contributed by atoms with Crippen molar-refractivity contribution < 1.29 is 27.5 Å². The van der Waals surface area contributed by atoms with Crippen LogP contribution in [0.25, 0.3) is 0 Å². The number of sulfonamides is 1. The Morgan fingerprint density at radius 2 is 1.75 bits per heavy atom. The monoisotopic (exact) mass is 517 g/mol. The number of fused-ring (bicyclic) bond motifs is 1. The summed E-state index contributed by atoms with van der Waals surface area (Å²) in [6.07, 6.45) is 1.41. The predicted octanol–water partition coefficient (Wildman–Crippen LogP) is 3.21. The molecule has 0 aliphatic carbocycles. The van der Waals surface area contributed by atoms with E-state index in [-0.39, 0.29) is 24.9 Å². The van der Waals surface area contributed by atoms with E-state index in [0.717, 1.165) is 21.7 Å². The van der Waals surface area contributed by atoms with Gasteiger partial charge in [-0.2, -0.15) is 0 Å². The highest BCUT2D eigenvalue weighted by molar-refractivity contribution is 7.92. The molecule has 1 heterocycles. The van der Waals surface area contributed by atoms with Crippen LogP contribution in [0.4, 0.5) is 5.69 Å². The third-order valence-electron chi connectivity index (χ3n) is 5.81. The molecule has 3 rings (SSSR count). The molecule has 0 aromatic heterocycles. The molecule has 9 nitrogen and oxygen atoms in total. The Hall–Kier alpha value is -3.27. The number of carbonyl (C=O) groups excluding carboxylic acids is 2. The minimum absolute atomic E-state index is 0.0435. The molecule has 0 fully saturated rings. The Morgan fingerprint density at radius 3 is 2.36 bits per heavy atom. The standard InChI is InChI=1S/C26H35N3O6S/c1-7-21(25(31)27-26(3,4)5)28(15-19-11-9-8-10-18(19)2)24(30)16-29(36(6,32)33)20-12-13-22-23(14-20)35-17-34-22/h8-14,21H,7,15-17H2,1-6H3,(H,27,31). The molecule has 2 aromatic carbocycles. The van der Waals surface area contributed by atoms with Crippen LogP contribution < -0.4 is 19.1 Å². The molecule has 1 atom stereocenters. The molecule has 196 valence electrons. The molecule has 2 amide bonds. The molecule has 2 aromatic rings. The van der Waals surface area contributed by atoms with Crippen molar-refractivity contribution in [2.75, 3.05) is 23.9 Å². The van der Waals surface area contributed by atoms with Crippen LogP contribution in [0.2, 0.25) is 0 Å². The predicted molar refractivity (Wildman–Crippen MR) is 138 cm³/mol. The molecule has 0 saturated carbocycles. The lowest BCUT2D eigenvalue weighted by Gasteiger charge is -2.34. The number of hydrogen-bond acceptors (Lipinski definition) is 6. The van der Waals surface area contributed by atoms with Gasteiger partial charge in [-0.05, 0) is 57.4 Å². The summed E-state index contributed by atoms with van der Waals surface area (Å²) < 4.78 is 37.3. The normalized spacial score (nSPS) is 13.7. The van der Waals surface area contributed by atoms with E-state index in [1.807, 2.05) is 58.9 Å². The maximum Gasteiger partial charge on any atom is 0.244 e. The first-order valence-corrected chi connectivity index (χ1v) is 13.7. The van der Waals surface area contributed by atoms with Gasteiger partial charge in [-0.25, -0.2) is 8.42 Å². The van der Waals surface area contributed by atoms with E-state index in [2.05, 4.69) is 5.32 Å². The minimum Gasteiger partial charge on any atom is -0.454 e. The molecular weight excluding hydrogens is 482 g/mol. The second kappa shape index (κ2) is 10.8. The van der Waals surface area contributed by atoms with Crippen molar-refractivity contribution in [1.29, 1.82) is 0 Å². The van der Waals surface area contributed by atoms with E-state index in [1.54, 1.807) is 12.1 Å². The first kappa shape index (κ1) is 27.3. The van der Waals surface area contributed by atoms with E-state index < -0.39 is 34.1 Å². The van der Waals surface area contributed by atoms with Crippen LogP contribution in [-0.4, -0.2) is 56.3 Å². The molecule has 0 spiro atoms. The number of rotatable bonds is 9. The van der Waals surface area contributed by atoms with Crippen molar-refractivity contribution in [3.63, 3.8) is 0 Å². The molecule has 1 aliphatic heterocycles. The van der Waals surface area contributed by atoms with Gasteiger partial charge in [0.15, 0.2) is 11.5 Å². The fourth-order valence-corrected chi connectivity index (χ4v) is 4.84. The average molecular weight is 518 g/mol. The highest BCUT2D eigenvalue weighted by Gasteiger charge is 2.33. The number of benzene rings is 2. The summed E-state index contributed by atoms with van der Waals surface area (Å²) in [5.74, 6) is 0.129. The van der Waals surface area contributed by atoms with Crippen LogP contribution in [0, 0.1) is 6.92 Å². The Bertz CT molecular complexity index is 1220. The van der Waals surface area contributed by atoms with Crippen molar-refractivity contribution in [2.45, 2.75) is 59.2 Å².